The van der Waals surface area contributed by atoms with Crippen molar-refractivity contribution in [3.8, 4) is 17.1 Å². The van der Waals surface area contributed by atoms with Gasteiger partial charge >= 0.3 is 6.18 Å². The summed E-state index contributed by atoms with van der Waals surface area (Å²) >= 11 is 4.40. The number of carbonyl (C=O) groups is 1. The van der Waals surface area contributed by atoms with Crippen LogP contribution in [0.1, 0.15) is 5.56 Å². The lowest BCUT2D eigenvalue weighted by Crippen LogP contribution is -2.15. The molecule has 0 fully saturated rings. The second-order valence-electron chi connectivity index (χ2n) is 5.94. The van der Waals surface area contributed by atoms with Gasteiger partial charge in [-0.05, 0) is 36.4 Å². The number of nitrogens with one attached hydrogen (secondary N) is 1. The summed E-state index contributed by atoms with van der Waals surface area (Å²) in [5.74, 6) is -0.122. The van der Waals surface area contributed by atoms with Crippen LogP contribution in [0.25, 0.3) is 11.4 Å². The lowest BCUT2D eigenvalue weighted by atomic mass is 10.2. The summed E-state index contributed by atoms with van der Waals surface area (Å²) in [5.41, 5.74) is -0.312. The largest absolute Gasteiger partial charge is 0.507 e. The molecule has 0 aliphatic carbocycles. The van der Waals surface area contributed by atoms with E-state index in [0.29, 0.717) is 16.5 Å². The third-order valence-corrected chi connectivity index (χ3v) is 5.35. The van der Waals surface area contributed by atoms with E-state index in [1.165, 1.54) is 18.2 Å². The first-order valence-corrected chi connectivity index (χ1v) is 9.91. The fourth-order valence-corrected chi connectivity index (χ4v) is 3.54. The number of hydrogen-bond acceptors (Lipinski definition) is 5. The van der Waals surface area contributed by atoms with Crippen molar-refractivity contribution in [3.63, 3.8) is 0 Å². The molecule has 0 aliphatic rings. The fourth-order valence-electron chi connectivity index (χ4n) is 2.46. The zero-order valence-electron chi connectivity index (χ0n) is 14.9. The van der Waals surface area contributed by atoms with Crippen LogP contribution in [0.15, 0.2) is 52.1 Å². The number of halogens is 4. The molecule has 0 bridgehead atoms. The average Bonchev–Trinajstić information content (AvgIpc) is 3.02. The van der Waals surface area contributed by atoms with Gasteiger partial charge in [-0.25, -0.2) is 0 Å². The van der Waals surface area contributed by atoms with Crippen LogP contribution in [0.3, 0.4) is 0 Å². The number of phenols is 1. The average molecular weight is 487 g/mol. The standard InChI is InChI=1S/C18H14BrF3N4O2S/c1-26-16(13-8-11(19)5-6-14(13)27)24-25-17(26)29-9-15(28)23-12-4-2-3-10(7-12)18(20,21)22/h2-8,27H,9H2,1H3,(H,23,28). The van der Waals surface area contributed by atoms with Gasteiger partial charge in [0.2, 0.25) is 5.91 Å². The summed E-state index contributed by atoms with van der Waals surface area (Å²) < 4.78 is 40.6. The molecule has 152 valence electrons. The highest BCUT2D eigenvalue weighted by molar-refractivity contribution is 9.10. The summed E-state index contributed by atoms with van der Waals surface area (Å²) in [7, 11) is 1.68. The van der Waals surface area contributed by atoms with Gasteiger partial charge in [-0.1, -0.05) is 33.8 Å². The van der Waals surface area contributed by atoms with Crippen molar-refractivity contribution in [2.24, 2.45) is 7.05 Å². The van der Waals surface area contributed by atoms with E-state index in [4.69, 9.17) is 0 Å². The molecule has 1 heterocycles. The minimum absolute atomic E-state index is 0.0301. The van der Waals surface area contributed by atoms with Crippen LogP contribution in [0.4, 0.5) is 18.9 Å². The van der Waals surface area contributed by atoms with Gasteiger partial charge in [-0.2, -0.15) is 13.2 Å². The van der Waals surface area contributed by atoms with Gasteiger partial charge < -0.3 is 15.0 Å². The SMILES string of the molecule is Cn1c(SCC(=O)Nc2cccc(C(F)(F)F)c2)nnc1-c1cc(Br)ccc1O. The molecule has 11 heteroatoms. The van der Waals surface area contributed by atoms with Gasteiger partial charge in [-0.15, -0.1) is 10.2 Å². The van der Waals surface area contributed by atoms with E-state index >= 15 is 0 Å². The number of alkyl halides is 3. The minimum atomic E-state index is -4.48. The van der Waals surface area contributed by atoms with Crippen molar-refractivity contribution in [1.82, 2.24) is 14.8 Å². The van der Waals surface area contributed by atoms with Crippen molar-refractivity contribution >= 4 is 39.3 Å². The smallest absolute Gasteiger partial charge is 0.416 e. The van der Waals surface area contributed by atoms with E-state index in [1.54, 1.807) is 23.7 Å². The van der Waals surface area contributed by atoms with Gasteiger partial charge in [0.05, 0.1) is 16.9 Å². The maximum Gasteiger partial charge on any atom is 0.416 e. The third-order valence-electron chi connectivity index (χ3n) is 3.84. The van der Waals surface area contributed by atoms with E-state index in [-0.39, 0.29) is 17.2 Å². The number of nitrogens with zero attached hydrogens (tertiary/aromatic N) is 3. The molecule has 3 aromatic rings. The molecular formula is C18H14BrF3N4O2S. The molecule has 2 aromatic carbocycles. The topological polar surface area (TPSA) is 80.0 Å². The molecule has 6 nitrogen and oxygen atoms in total. The van der Waals surface area contributed by atoms with E-state index in [2.05, 4.69) is 31.4 Å². The van der Waals surface area contributed by atoms with Crippen molar-refractivity contribution < 1.29 is 23.1 Å². The quantitative estimate of drug-likeness (QED) is 0.511. The minimum Gasteiger partial charge on any atom is -0.507 e. The summed E-state index contributed by atoms with van der Waals surface area (Å²) in [4.78, 5) is 12.1. The molecule has 1 amide bonds. The molecule has 0 radical (unpaired) electrons. The van der Waals surface area contributed by atoms with Crippen molar-refractivity contribution in [2.75, 3.05) is 11.1 Å². The van der Waals surface area contributed by atoms with E-state index in [9.17, 15) is 23.1 Å². The molecule has 0 spiro atoms. The molecule has 0 saturated heterocycles. The summed E-state index contributed by atoms with van der Waals surface area (Å²) in [6, 6.07) is 9.31. The summed E-state index contributed by atoms with van der Waals surface area (Å²) in [6.45, 7) is 0. The Hall–Kier alpha value is -2.53. The van der Waals surface area contributed by atoms with Crippen LogP contribution in [-0.4, -0.2) is 31.5 Å². The van der Waals surface area contributed by atoms with Crippen LogP contribution in [0, 0.1) is 0 Å². The number of carbonyl (C=O) groups excluding carboxylic acids is 1. The number of benzene rings is 2. The zero-order chi connectivity index (χ0) is 21.2. The number of anilines is 1. The van der Waals surface area contributed by atoms with Crippen LogP contribution >= 0.6 is 27.7 Å². The monoisotopic (exact) mass is 486 g/mol. The molecule has 3 rings (SSSR count). The Morgan fingerprint density at radius 3 is 2.72 bits per heavy atom. The van der Waals surface area contributed by atoms with Gasteiger partial charge in [0, 0.05) is 17.2 Å². The first-order chi connectivity index (χ1) is 13.6. The van der Waals surface area contributed by atoms with Gasteiger partial charge in [0.1, 0.15) is 5.75 Å². The number of rotatable bonds is 5. The third kappa shape index (κ3) is 5.10. The number of hydrogen-bond donors (Lipinski definition) is 2. The Morgan fingerprint density at radius 2 is 2.00 bits per heavy atom. The maximum absolute atomic E-state index is 12.8. The van der Waals surface area contributed by atoms with E-state index in [1.807, 2.05) is 0 Å². The highest BCUT2D eigenvalue weighted by atomic mass is 79.9. The number of phenolic OH excluding ortho intramolecular Hbond substituents is 1. The fraction of sp³-hybridized carbons (Fsp3) is 0.167. The van der Waals surface area contributed by atoms with E-state index in [0.717, 1.165) is 28.4 Å². The van der Waals surface area contributed by atoms with Gasteiger partial charge in [0.15, 0.2) is 11.0 Å². The molecule has 1 aromatic heterocycles. The predicted molar refractivity (Wildman–Crippen MR) is 107 cm³/mol. The normalized spacial score (nSPS) is 11.5. The second-order valence-corrected chi connectivity index (χ2v) is 7.80. The number of amides is 1. The highest BCUT2D eigenvalue weighted by Gasteiger charge is 2.30. The Morgan fingerprint density at radius 1 is 1.24 bits per heavy atom. The number of aromatic hydroxyl groups is 1. The lowest BCUT2D eigenvalue weighted by molar-refractivity contribution is -0.137. The van der Waals surface area contributed by atoms with Crippen molar-refractivity contribution in [3.05, 3.63) is 52.5 Å². The zero-order valence-corrected chi connectivity index (χ0v) is 17.3. The Bertz CT molecular complexity index is 1060. The van der Waals surface area contributed by atoms with Crippen molar-refractivity contribution in [1.29, 1.82) is 0 Å². The number of thioether (sulfide) groups is 1. The maximum atomic E-state index is 12.8. The lowest BCUT2D eigenvalue weighted by Gasteiger charge is -2.10. The first kappa shape index (κ1) is 21.2. The molecule has 0 unspecified atom stereocenters. The summed E-state index contributed by atoms with van der Waals surface area (Å²) in [6.07, 6.45) is -4.48. The molecule has 0 atom stereocenters. The summed E-state index contributed by atoms with van der Waals surface area (Å²) in [5, 5.41) is 20.9. The molecule has 2 N–H and O–H groups in total. The van der Waals surface area contributed by atoms with Crippen LogP contribution in [-0.2, 0) is 18.0 Å². The van der Waals surface area contributed by atoms with Crippen LogP contribution in [0.5, 0.6) is 5.75 Å². The highest BCUT2D eigenvalue weighted by Crippen LogP contribution is 2.32. The van der Waals surface area contributed by atoms with E-state index < -0.39 is 17.6 Å². The molecule has 29 heavy (non-hydrogen) atoms. The molecule has 0 aliphatic heterocycles. The second kappa shape index (κ2) is 8.46. The first-order valence-electron chi connectivity index (χ1n) is 8.13. The van der Waals surface area contributed by atoms with Gasteiger partial charge in [-0.3, -0.25) is 4.79 Å². The Labute approximate surface area is 176 Å². The van der Waals surface area contributed by atoms with Crippen LogP contribution in [0.2, 0.25) is 0 Å². The van der Waals surface area contributed by atoms with Gasteiger partial charge in [0.25, 0.3) is 0 Å². The van der Waals surface area contributed by atoms with Crippen molar-refractivity contribution in [2.45, 2.75) is 11.3 Å². The van der Waals surface area contributed by atoms with Crippen LogP contribution < -0.4 is 5.32 Å². The molecule has 0 saturated carbocycles. The Kier molecular flexibility index (Phi) is 6.18. The Balaban J connectivity index is 1.67. The predicted octanol–water partition coefficient (Wildman–Crippen LogP) is 4.70. The number of aromatic nitrogens is 3. The molecular weight excluding hydrogens is 473 g/mol.